The highest BCUT2D eigenvalue weighted by Crippen LogP contribution is 2.27. The average Bonchev–Trinajstić information content (AvgIpc) is 2.36. The van der Waals surface area contributed by atoms with Gasteiger partial charge in [-0.25, -0.2) is 4.39 Å². The summed E-state index contributed by atoms with van der Waals surface area (Å²) in [6.07, 6.45) is 1.02. The summed E-state index contributed by atoms with van der Waals surface area (Å²) in [5.74, 6) is -0.342. The lowest BCUT2D eigenvalue weighted by Crippen LogP contribution is -2.45. The van der Waals surface area contributed by atoms with Crippen molar-refractivity contribution in [2.75, 3.05) is 26.2 Å². The fourth-order valence-electron chi connectivity index (χ4n) is 2.42. The van der Waals surface area contributed by atoms with Crippen LogP contribution in [0.25, 0.3) is 0 Å². The fraction of sp³-hybridized carbons (Fsp3) is 0.538. The van der Waals surface area contributed by atoms with Crippen molar-refractivity contribution in [3.63, 3.8) is 0 Å². The number of nitrogens with zero attached hydrogens (tertiary/aromatic N) is 1. The number of benzene rings is 1. The summed E-state index contributed by atoms with van der Waals surface area (Å²) < 4.78 is 13.2. The minimum Gasteiger partial charge on any atom is -0.314 e. The summed E-state index contributed by atoms with van der Waals surface area (Å²) in [6.45, 7) is 6.27. The van der Waals surface area contributed by atoms with Crippen LogP contribution in [0.2, 0.25) is 5.02 Å². The van der Waals surface area contributed by atoms with Gasteiger partial charge in [0.1, 0.15) is 5.82 Å². The molecular weight excluding hydrogens is 274 g/mol. The van der Waals surface area contributed by atoms with E-state index in [2.05, 4.69) is 17.1 Å². The highest BCUT2D eigenvalue weighted by Gasteiger charge is 2.21. The molecule has 1 fully saturated rings. The summed E-state index contributed by atoms with van der Waals surface area (Å²) in [7, 11) is 0. The van der Waals surface area contributed by atoms with Gasteiger partial charge in [-0.1, -0.05) is 24.6 Å². The molecule has 1 aromatic rings. The van der Waals surface area contributed by atoms with Crippen LogP contribution in [0.3, 0.4) is 0 Å². The van der Waals surface area contributed by atoms with E-state index in [-0.39, 0.29) is 23.2 Å². The number of halogens is 3. The van der Waals surface area contributed by atoms with E-state index in [1.807, 2.05) is 6.07 Å². The van der Waals surface area contributed by atoms with Crippen LogP contribution in [0.1, 0.15) is 24.9 Å². The second-order valence-corrected chi connectivity index (χ2v) is 4.79. The molecule has 0 unspecified atom stereocenters. The maximum absolute atomic E-state index is 13.2. The van der Waals surface area contributed by atoms with Crippen molar-refractivity contribution < 1.29 is 4.39 Å². The first kappa shape index (κ1) is 15.7. The van der Waals surface area contributed by atoms with Crippen LogP contribution < -0.4 is 5.32 Å². The van der Waals surface area contributed by atoms with Gasteiger partial charge in [0.2, 0.25) is 0 Å². The van der Waals surface area contributed by atoms with Crippen LogP contribution in [-0.4, -0.2) is 31.1 Å². The van der Waals surface area contributed by atoms with Crippen LogP contribution in [0.4, 0.5) is 4.39 Å². The van der Waals surface area contributed by atoms with Crippen LogP contribution in [0.15, 0.2) is 18.2 Å². The van der Waals surface area contributed by atoms with Crippen LogP contribution >= 0.6 is 24.0 Å². The number of nitrogens with one attached hydrogen (secondary N) is 1. The maximum Gasteiger partial charge on any atom is 0.141 e. The summed E-state index contributed by atoms with van der Waals surface area (Å²) in [5, 5.41) is 3.56. The van der Waals surface area contributed by atoms with Crippen LogP contribution in [0.5, 0.6) is 0 Å². The lowest BCUT2D eigenvalue weighted by atomic mass is 10.0. The van der Waals surface area contributed by atoms with Gasteiger partial charge in [-0.2, -0.15) is 0 Å². The number of hydrogen-bond donors (Lipinski definition) is 1. The van der Waals surface area contributed by atoms with Gasteiger partial charge in [0.25, 0.3) is 0 Å². The molecule has 1 aromatic carbocycles. The second-order valence-electron chi connectivity index (χ2n) is 4.38. The maximum atomic E-state index is 13.2. The molecule has 1 atom stereocenters. The monoisotopic (exact) mass is 292 g/mol. The van der Waals surface area contributed by atoms with Gasteiger partial charge in [-0.05, 0) is 24.1 Å². The average molecular weight is 293 g/mol. The fourth-order valence-corrected chi connectivity index (χ4v) is 2.61. The number of piperazine rings is 1. The largest absolute Gasteiger partial charge is 0.314 e. The van der Waals surface area contributed by atoms with E-state index in [0.29, 0.717) is 6.04 Å². The van der Waals surface area contributed by atoms with Gasteiger partial charge in [-0.15, -0.1) is 12.4 Å². The summed E-state index contributed by atoms with van der Waals surface area (Å²) in [4.78, 5) is 2.43. The van der Waals surface area contributed by atoms with E-state index in [1.54, 1.807) is 6.07 Å². The molecule has 0 aromatic heterocycles. The topological polar surface area (TPSA) is 15.3 Å². The molecule has 18 heavy (non-hydrogen) atoms. The normalized spacial score (nSPS) is 18.2. The molecular formula is C13H19Cl2FN2. The zero-order valence-electron chi connectivity index (χ0n) is 10.5. The molecule has 0 saturated carbocycles. The molecule has 1 N–H and O–H groups in total. The minimum absolute atomic E-state index is 0. The predicted octanol–water partition coefficient (Wildman–Crippen LogP) is 3.26. The van der Waals surface area contributed by atoms with Gasteiger partial charge >= 0.3 is 0 Å². The van der Waals surface area contributed by atoms with Crippen molar-refractivity contribution in [3.05, 3.63) is 34.6 Å². The Balaban J connectivity index is 0.00000162. The highest BCUT2D eigenvalue weighted by atomic mass is 35.5. The quantitative estimate of drug-likeness (QED) is 0.920. The SMILES string of the molecule is CC[C@@H](c1ccc(F)c(Cl)c1)N1CCNCC1.Cl. The van der Waals surface area contributed by atoms with Gasteiger partial charge in [0.15, 0.2) is 0 Å². The highest BCUT2D eigenvalue weighted by molar-refractivity contribution is 6.30. The molecule has 1 aliphatic rings. The van der Waals surface area contributed by atoms with E-state index in [0.717, 1.165) is 38.2 Å². The van der Waals surface area contributed by atoms with Gasteiger partial charge in [0.05, 0.1) is 5.02 Å². The van der Waals surface area contributed by atoms with Crippen LogP contribution in [0, 0.1) is 5.82 Å². The molecule has 1 saturated heterocycles. The van der Waals surface area contributed by atoms with Crippen LogP contribution in [-0.2, 0) is 0 Å². The van der Waals surface area contributed by atoms with Gasteiger partial charge < -0.3 is 5.32 Å². The minimum atomic E-state index is -0.342. The first-order valence-electron chi connectivity index (χ1n) is 6.12. The third-order valence-electron chi connectivity index (χ3n) is 3.31. The summed E-state index contributed by atoms with van der Waals surface area (Å²) in [6, 6.07) is 5.41. The molecule has 0 aliphatic carbocycles. The lowest BCUT2D eigenvalue weighted by molar-refractivity contribution is 0.169. The van der Waals surface area contributed by atoms with E-state index in [4.69, 9.17) is 11.6 Å². The van der Waals surface area contributed by atoms with E-state index < -0.39 is 0 Å². The van der Waals surface area contributed by atoms with E-state index in [9.17, 15) is 4.39 Å². The molecule has 102 valence electrons. The molecule has 1 heterocycles. The molecule has 0 bridgehead atoms. The molecule has 0 spiro atoms. The Labute approximate surface area is 119 Å². The number of rotatable bonds is 3. The van der Waals surface area contributed by atoms with Crippen molar-refractivity contribution in [1.29, 1.82) is 0 Å². The Morgan fingerprint density at radius 3 is 2.61 bits per heavy atom. The smallest absolute Gasteiger partial charge is 0.141 e. The lowest BCUT2D eigenvalue weighted by Gasteiger charge is -2.34. The van der Waals surface area contributed by atoms with Crippen molar-refractivity contribution in [2.24, 2.45) is 0 Å². The molecule has 2 rings (SSSR count). The zero-order chi connectivity index (χ0) is 12.3. The summed E-state index contributed by atoms with van der Waals surface area (Å²) in [5.41, 5.74) is 1.11. The van der Waals surface area contributed by atoms with Gasteiger partial charge in [0, 0.05) is 32.2 Å². The zero-order valence-corrected chi connectivity index (χ0v) is 12.0. The van der Waals surface area contributed by atoms with E-state index >= 15 is 0 Å². The first-order chi connectivity index (χ1) is 8.22. The molecule has 0 radical (unpaired) electrons. The molecule has 2 nitrogen and oxygen atoms in total. The Morgan fingerprint density at radius 2 is 2.06 bits per heavy atom. The van der Waals surface area contributed by atoms with Crippen molar-refractivity contribution in [2.45, 2.75) is 19.4 Å². The standard InChI is InChI=1S/C13H18ClFN2.ClH/c1-2-13(17-7-5-16-6-8-17)10-3-4-12(15)11(14)9-10;/h3-4,9,13,16H,2,5-8H2,1H3;1H/t13-;/m0./s1. The van der Waals surface area contributed by atoms with Gasteiger partial charge in [-0.3, -0.25) is 4.90 Å². The Morgan fingerprint density at radius 1 is 1.39 bits per heavy atom. The first-order valence-corrected chi connectivity index (χ1v) is 6.50. The second kappa shape index (κ2) is 7.29. The van der Waals surface area contributed by atoms with Crippen molar-refractivity contribution in [1.82, 2.24) is 10.2 Å². The Hall–Kier alpha value is -0.350. The molecule has 0 amide bonds. The van der Waals surface area contributed by atoms with E-state index in [1.165, 1.54) is 6.07 Å². The Kier molecular flexibility index (Phi) is 6.36. The molecule has 5 heteroatoms. The number of hydrogen-bond acceptors (Lipinski definition) is 2. The third kappa shape index (κ3) is 3.58. The Bertz CT molecular complexity index is 381. The summed E-state index contributed by atoms with van der Waals surface area (Å²) >= 11 is 5.85. The third-order valence-corrected chi connectivity index (χ3v) is 3.60. The predicted molar refractivity (Wildman–Crippen MR) is 76.1 cm³/mol. The molecule has 1 aliphatic heterocycles. The van der Waals surface area contributed by atoms with Crippen molar-refractivity contribution >= 4 is 24.0 Å². The van der Waals surface area contributed by atoms with Crippen molar-refractivity contribution in [3.8, 4) is 0 Å².